The summed E-state index contributed by atoms with van der Waals surface area (Å²) in [5.74, 6) is 1.74. The van der Waals surface area contributed by atoms with E-state index in [0.717, 1.165) is 18.5 Å². The van der Waals surface area contributed by atoms with Crippen LogP contribution in [0, 0.1) is 5.92 Å². The molecule has 1 saturated carbocycles. The van der Waals surface area contributed by atoms with Crippen LogP contribution in [0.1, 0.15) is 44.2 Å². The van der Waals surface area contributed by atoms with Crippen LogP contribution in [0.5, 0.6) is 0 Å². The molecule has 2 aliphatic rings. The first kappa shape index (κ1) is 13.9. The van der Waals surface area contributed by atoms with Crippen LogP contribution in [-0.4, -0.2) is 35.7 Å². The summed E-state index contributed by atoms with van der Waals surface area (Å²) in [5.41, 5.74) is 2.32. The van der Waals surface area contributed by atoms with Crippen LogP contribution < -0.4 is 5.32 Å². The zero-order valence-corrected chi connectivity index (χ0v) is 13.0. The van der Waals surface area contributed by atoms with Crippen LogP contribution in [0.15, 0.2) is 6.20 Å². The van der Waals surface area contributed by atoms with Gasteiger partial charge in [0.05, 0.1) is 22.9 Å². The van der Waals surface area contributed by atoms with Gasteiger partial charge in [-0.15, -0.1) is 0 Å². The molecule has 20 heavy (non-hydrogen) atoms. The number of rotatable bonds is 4. The number of aryl methyl sites for hydroxylation is 1. The molecule has 5 nitrogen and oxygen atoms in total. The second-order valence-electron chi connectivity index (χ2n) is 6.30. The molecule has 0 radical (unpaired) electrons. The minimum Gasteiger partial charge on any atom is -0.380 e. The van der Waals surface area contributed by atoms with Crippen molar-refractivity contribution in [1.29, 1.82) is 0 Å². The smallest absolute Gasteiger partial charge is 0.150 e. The number of nitrogens with zero attached hydrogens (tertiary/aromatic N) is 2. The lowest BCUT2D eigenvalue weighted by Crippen LogP contribution is -2.33. The molecule has 1 saturated heterocycles. The quantitative estimate of drug-likeness (QED) is 0.922. The minimum atomic E-state index is -2.77. The first-order chi connectivity index (χ1) is 9.44. The maximum absolute atomic E-state index is 11.5. The SMILES string of the molecule is CC(Nc1cn(C)nc1C1CC1)C1CCS(=O)(=O)CC1. The average molecular weight is 297 g/mol. The van der Waals surface area contributed by atoms with Crippen LogP contribution in [0.4, 0.5) is 5.69 Å². The molecule has 0 bridgehead atoms. The Morgan fingerprint density at radius 3 is 2.55 bits per heavy atom. The second-order valence-corrected chi connectivity index (χ2v) is 8.60. The van der Waals surface area contributed by atoms with Gasteiger partial charge in [-0.05, 0) is 38.5 Å². The molecule has 1 aliphatic carbocycles. The number of sulfone groups is 1. The Balaban J connectivity index is 1.65. The van der Waals surface area contributed by atoms with Crippen molar-refractivity contribution in [3.05, 3.63) is 11.9 Å². The summed E-state index contributed by atoms with van der Waals surface area (Å²) in [6.07, 6.45) is 6.07. The third-order valence-electron chi connectivity index (χ3n) is 4.51. The largest absolute Gasteiger partial charge is 0.380 e. The molecule has 1 aromatic rings. The van der Waals surface area contributed by atoms with Gasteiger partial charge in [0.25, 0.3) is 0 Å². The van der Waals surface area contributed by atoms with E-state index in [-0.39, 0.29) is 0 Å². The maximum Gasteiger partial charge on any atom is 0.150 e. The van der Waals surface area contributed by atoms with Crippen molar-refractivity contribution in [2.24, 2.45) is 13.0 Å². The van der Waals surface area contributed by atoms with Crippen molar-refractivity contribution in [3.63, 3.8) is 0 Å². The number of anilines is 1. The van der Waals surface area contributed by atoms with E-state index >= 15 is 0 Å². The van der Waals surface area contributed by atoms with Gasteiger partial charge in [-0.25, -0.2) is 8.42 Å². The molecule has 2 fully saturated rings. The zero-order valence-electron chi connectivity index (χ0n) is 12.2. The minimum absolute atomic E-state index is 0.298. The molecular weight excluding hydrogens is 274 g/mol. The van der Waals surface area contributed by atoms with E-state index in [9.17, 15) is 8.42 Å². The Morgan fingerprint density at radius 2 is 1.95 bits per heavy atom. The summed E-state index contributed by atoms with van der Waals surface area (Å²) in [6.45, 7) is 2.16. The molecule has 1 aliphatic heterocycles. The predicted octanol–water partition coefficient (Wildman–Crippen LogP) is 1.92. The first-order valence-corrected chi connectivity index (χ1v) is 9.27. The predicted molar refractivity (Wildman–Crippen MR) is 79.6 cm³/mol. The van der Waals surface area contributed by atoms with Crippen molar-refractivity contribution in [2.45, 2.75) is 44.6 Å². The van der Waals surface area contributed by atoms with E-state index < -0.39 is 9.84 Å². The molecule has 3 rings (SSSR count). The van der Waals surface area contributed by atoms with Crippen molar-refractivity contribution in [2.75, 3.05) is 16.8 Å². The van der Waals surface area contributed by atoms with E-state index in [1.165, 1.54) is 18.5 Å². The molecule has 112 valence electrons. The highest BCUT2D eigenvalue weighted by molar-refractivity contribution is 7.91. The standard InChI is InChI=1S/C14H23N3O2S/c1-10(11-5-7-20(18,19)8-6-11)15-13-9-17(2)16-14(13)12-3-4-12/h9-12,15H,3-8H2,1-2H3. The van der Waals surface area contributed by atoms with Crippen LogP contribution in [0.25, 0.3) is 0 Å². The Labute approximate surface area is 120 Å². The van der Waals surface area contributed by atoms with E-state index in [2.05, 4.69) is 17.3 Å². The monoisotopic (exact) mass is 297 g/mol. The highest BCUT2D eigenvalue weighted by Crippen LogP contribution is 2.42. The van der Waals surface area contributed by atoms with Crippen LogP contribution in [0.2, 0.25) is 0 Å². The molecule has 0 amide bonds. The Kier molecular flexibility index (Phi) is 3.52. The molecular formula is C14H23N3O2S. The van der Waals surface area contributed by atoms with Gasteiger partial charge in [0.15, 0.2) is 0 Å². The number of nitrogens with one attached hydrogen (secondary N) is 1. The van der Waals surface area contributed by atoms with Crippen LogP contribution in [-0.2, 0) is 16.9 Å². The van der Waals surface area contributed by atoms with Crippen molar-refractivity contribution in [1.82, 2.24) is 9.78 Å². The maximum atomic E-state index is 11.5. The third kappa shape index (κ3) is 3.00. The lowest BCUT2D eigenvalue weighted by atomic mass is 9.94. The van der Waals surface area contributed by atoms with E-state index in [1.54, 1.807) is 0 Å². The third-order valence-corrected chi connectivity index (χ3v) is 6.23. The summed E-state index contributed by atoms with van der Waals surface area (Å²) in [4.78, 5) is 0. The van der Waals surface area contributed by atoms with Gasteiger partial charge < -0.3 is 5.32 Å². The molecule has 6 heteroatoms. The first-order valence-electron chi connectivity index (χ1n) is 7.45. The summed E-state index contributed by atoms with van der Waals surface area (Å²) in [7, 11) is -0.820. The zero-order chi connectivity index (χ0) is 14.3. The molecule has 1 N–H and O–H groups in total. The Morgan fingerprint density at radius 1 is 1.30 bits per heavy atom. The fourth-order valence-electron chi connectivity index (χ4n) is 3.05. The van der Waals surface area contributed by atoms with E-state index in [0.29, 0.717) is 29.4 Å². The molecule has 1 unspecified atom stereocenters. The van der Waals surface area contributed by atoms with Crippen LogP contribution in [0.3, 0.4) is 0 Å². The molecule has 2 heterocycles. The summed E-state index contributed by atoms with van der Waals surface area (Å²) in [5, 5.41) is 8.12. The normalized spacial score (nSPS) is 24.5. The average Bonchev–Trinajstić information content (AvgIpc) is 3.14. The van der Waals surface area contributed by atoms with E-state index in [4.69, 9.17) is 0 Å². The highest BCUT2D eigenvalue weighted by atomic mass is 32.2. The lowest BCUT2D eigenvalue weighted by molar-refractivity contribution is 0.420. The fourth-order valence-corrected chi connectivity index (χ4v) is 4.57. The van der Waals surface area contributed by atoms with Gasteiger partial charge >= 0.3 is 0 Å². The highest BCUT2D eigenvalue weighted by Gasteiger charge is 2.31. The number of aromatic nitrogens is 2. The molecule has 1 aromatic heterocycles. The molecule has 1 atom stereocenters. The van der Waals surface area contributed by atoms with Gasteiger partial charge in [0.2, 0.25) is 0 Å². The van der Waals surface area contributed by atoms with Gasteiger partial charge in [-0.3, -0.25) is 4.68 Å². The van der Waals surface area contributed by atoms with Gasteiger partial charge in [-0.1, -0.05) is 0 Å². The Bertz CT molecular complexity index is 576. The second kappa shape index (κ2) is 5.06. The van der Waals surface area contributed by atoms with Gasteiger partial charge in [0.1, 0.15) is 9.84 Å². The number of hydrogen-bond acceptors (Lipinski definition) is 4. The molecule has 0 aromatic carbocycles. The van der Waals surface area contributed by atoms with Crippen LogP contribution >= 0.6 is 0 Å². The lowest BCUT2D eigenvalue weighted by Gasteiger charge is -2.28. The number of hydrogen-bond donors (Lipinski definition) is 1. The van der Waals surface area contributed by atoms with Gasteiger partial charge in [-0.2, -0.15) is 5.10 Å². The van der Waals surface area contributed by atoms with Crippen molar-refractivity contribution >= 4 is 15.5 Å². The summed E-state index contributed by atoms with van der Waals surface area (Å²) in [6, 6.07) is 0.298. The Hall–Kier alpha value is -1.04. The van der Waals surface area contributed by atoms with Gasteiger partial charge in [0, 0.05) is 25.2 Å². The molecule has 0 spiro atoms. The topological polar surface area (TPSA) is 64.0 Å². The fraction of sp³-hybridized carbons (Fsp3) is 0.786. The van der Waals surface area contributed by atoms with E-state index in [1.807, 2.05) is 17.9 Å². The summed E-state index contributed by atoms with van der Waals surface area (Å²) < 4.78 is 24.9. The van der Waals surface area contributed by atoms with Crippen molar-refractivity contribution < 1.29 is 8.42 Å². The van der Waals surface area contributed by atoms with Crippen molar-refractivity contribution in [3.8, 4) is 0 Å². The summed E-state index contributed by atoms with van der Waals surface area (Å²) >= 11 is 0.